The molecule has 2 atom stereocenters. The van der Waals surface area contributed by atoms with E-state index in [0.29, 0.717) is 0 Å². The molecule has 1 saturated heterocycles. The summed E-state index contributed by atoms with van der Waals surface area (Å²) < 4.78 is 16.8. The summed E-state index contributed by atoms with van der Waals surface area (Å²) in [5.41, 5.74) is 3.51. The van der Waals surface area contributed by atoms with E-state index in [1.54, 1.807) is 14.2 Å². The van der Waals surface area contributed by atoms with Gasteiger partial charge in [0.15, 0.2) is 0 Å². The van der Waals surface area contributed by atoms with E-state index in [1.165, 1.54) is 0 Å². The number of methoxy groups -OCH3 is 2. The summed E-state index contributed by atoms with van der Waals surface area (Å²) >= 11 is 0. The third kappa shape index (κ3) is 2.90. The molecule has 0 amide bonds. The summed E-state index contributed by atoms with van der Waals surface area (Å²) in [5, 5.41) is 0. The Morgan fingerprint density at radius 1 is 1.30 bits per heavy atom. The Hall–Kier alpha value is -1.30. The molecule has 20 heavy (non-hydrogen) atoms. The maximum Gasteiger partial charge on any atom is 0.124 e. The maximum atomic E-state index is 6.01. The van der Waals surface area contributed by atoms with Gasteiger partial charge < -0.3 is 14.2 Å². The van der Waals surface area contributed by atoms with Crippen LogP contribution in [0.2, 0.25) is 0 Å². The van der Waals surface area contributed by atoms with Crippen LogP contribution in [0.4, 0.5) is 0 Å². The van der Waals surface area contributed by atoms with Crippen LogP contribution >= 0.6 is 0 Å². The van der Waals surface area contributed by atoms with E-state index in [-0.39, 0.29) is 11.6 Å². The number of ether oxygens (including phenoxy) is 3. The molecule has 5 heteroatoms. The molecule has 1 aliphatic heterocycles. The Morgan fingerprint density at radius 2 is 2.10 bits per heavy atom. The minimum absolute atomic E-state index is 0.146. The van der Waals surface area contributed by atoms with Gasteiger partial charge in [0, 0.05) is 12.2 Å². The van der Waals surface area contributed by atoms with Gasteiger partial charge in [0.05, 0.1) is 25.9 Å². The van der Waals surface area contributed by atoms with E-state index in [2.05, 4.69) is 12.3 Å². The third-order valence-corrected chi connectivity index (χ3v) is 4.02. The Labute approximate surface area is 120 Å². The topological polar surface area (TPSA) is 65.7 Å². The molecule has 0 saturated carbocycles. The highest BCUT2D eigenvalue weighted by molar-refractivity contribution is 5.43. The molecule has 1 aromatic rings. The summed E-state index contributed by atoms with van der Waals surface area (Å²) in [5.74, 6) is 7.37. The molecule has 2 rings (SSSR count). The molecule has 5 nitrogen and oxygen atoms in total. The zero-order chi connectivity index (χ0) is 14.6. The summed E-state index contributed by atoms with van der Waals surface area (Å²) in [6, 6.07) is 5.57. The van der Waals surface area contributed by atoms with Crippen LogP contribution in [0.3, 0.4) is 0 Å². The molecule has 0 spiro atoms. The quantitative estimate of drug-likeness (QED) is 0.639. The SMILES string of the molecule is COc1ccc(OC)c(C(NN)C2(C)CCCCO2)c1. The first-order chi connectivity index (χ1) is 9.64. The molecule has 0 aliphatic carbocycles. The van der Waals surface area contributed by atoms with Crippen molar-refractivity contribution in [2.75, 3.05) is 20.8 Å². The standard InChI is InChI=1S/C15H24N2O3/c1-15(8-4-5-9-20-15)14(17-16)12-10-11(18-2)6-7-13(12)19-3/h6-7,10,14,17H,4-5,8-9,16H2,1-3H3. The first-order valence-corrected chi connectivity index (χ1v) is 6.96. The van der Waals surface area contributed by atoms with Crippen LogP contribution in [0.1, 0.15) is 37.8 Å². The smallest absolute Gasteiger partial charge is 0.124 e. The lowest BCUT2D eigenvalue weighted by atomic mass is 9.84. The third-order valence-electron chi connectivity index (χ3n) is 4.02. The van der Waals surface area contributed by atoms with Gasteiger partial charge in [-0.1, -0.05) is 0 Å². The van der Waals surface area contributed by atoms with Gasteiger partial charge in [-0.2, -0.15) is 0 Å². The highest BCUT2D eigenvalue weighted by Gasteiger charge is 2.38. The average Bonchev–Trinajstić information content (AvgIpc) is 2.48. The molecule has 2 unspecified atom stereocenters. The van der Waals surface area contributed by atoms with Crippen LogP contribution in [0.25, 0.3) is 0 Å². The van der Waals surface area contributed by atoms with E-state index in [9.17, 15) is 0 Å². The van der Waals surface area contributed by atoms with Gasteiger partial charge in [-0.15, -0.1) is 0 Å². The van der Waals surface area contributed by atoms with E-state index < -0.39 is 0 Å². The lowest BCUT2D eigenvalue weighted by molar-refractivity contribution is -0.0902. The Bertz CT molecular complexity index is 445. The number of benzene rings is 1. The Kier molecular flexibility index (Phi) is 4.86. The van der Waals surface area contributed by atoms with Crippen molar-refractivity contribution in [3.8, 4) is 11.5 Å². The molecule has 3 N–H and O–H groups in total. The number of nitrogens with one attached hydrogen (secondary N) is 1. The van der Waals surface area contributed by atoms with Crippen LogP contribution in [-0.4, -0.2) is 26.4 Å². The molecule has 1 fully saturated rings. The zero-order valence-electron chi connectivity index (χ0n) is 12.4. The van der Waals surface area contributed by atoms with Crippen molar-refractivity contribution < 1.29 is 14.2 Å². The summed E-state index contributed by atoms with van der Waals surface area (Å²) in [7, 11) is 3.30. The van der Waals surface area contributed by atoms with Crippen LogP contribution in [0.5, 0.6) is 11.5 Å². The average molecular weight is 280 g/mol. The normalized spacial score (nSPS) is 24.2. The molecular weight excluding hydrogens is 256 g/mol. The van der Waals surface area contributed by atoms with E-state index in [4.69, 9.17) is 20.1 Å². The van der Waals surface area contributed by atoms with Crippen molar-refractivity contribution in [2.45, 2.75) is 37.8 Å². The molecule has 0 aromatic heterocycles. The molecule has 0 bridgehead atoms. The van der Waals surface area contributed by atoms with Crippen LogP contribution in [0.15, 0.2) is 18.2 Å². The van der Waals surface area contributed by atoms with Crippen molar-refractivity contribution in [3.63, 3.8) is 0 Å². The predicted molar refractivity (Wildman–Crippen MR) is 77.8 cm³/mol. The van der Waals surface area contributed by atoms with E-state index in [1.807, 2.05) is 18.2 Å². The minimum Gasteiger partial charge on any atom is -0.497 e. The van der Waals surface area contributed by atoms with E-state index >= 15 is 0 Å². The second-order valence-corrected chi connectivity index (χ2v) is 5.33. The van der Waals surface area contributed by atoms with Gasteiger partial charge in [0.1, 0.15) is 11.5 Å². The van der Waals surface area contributed by atoms with Gasteiger partial charge in [-0.3, -0.25) is 5.84 Å². The molecular formula is C15H24N2O3. The van der Waals surface area contributed by atoms with Gasteiger partial charge in [0.25, 0.3) is 0 Å². The van der Waals surface area contributed by atoms with Crippen molar-refractivity contribution in [1.29, 1.82) is 0 Å². The highest BCUT2D eigenvalue weighted by atomic mass is 16.5. The number of hydrazine groups is 1. The molecule has 0 radical (unpaired) electrons. The highest BCUT2D eigenvalue weighted by Crippen LogP contribution is 2.40. The first kappa shape index (κ1) is 15.1. The second-order valence-electron chi connectivity index (χ2n) is 5.33. The molecule has 1 heterocycles. The van der Waals surface area contributed by atoms with Gasteiger partial charge in [0.2, 0.25) is 0 Å². The monoisotopic (exact) mass is 280 g/mol. The lowest BCUT2D eigenvalue weighted by Crippen LogP contribution is -2.48. The van der Waals surface area contributed by atoms with Gasteiger partial charge in [-0.05, 0) is 44.4 Å². The van der Waals surface area contributed by atoms with Crippen LogP contribution < -0.4 is 20.7 Å². The van der Waals surface area contributed by atoms with Crippen LogP contribution in [-0.2, 0) is 4.74 Å². The fourth-order valence-electron chi connectivity index (χ4n) is 2.84. The summed E-state index contributed by atoms with van der Waals surface area (Å²) in [6.07, 6.45) is 3.20. The summed E-state index contributed by atoms with van der Waals surface area (Å²) in [4.78, 5) is 0. The van der Waals surface area contributed by atoms with Gasteiger partial charge in [-0.25, -0.2) is 5.43 Å². The predicted octanol–water partition coefficient (Wildman–Crippen LogP) is 2.17. The number of hydrogen-bond acceptors (Lipinski definition) is 5. The first-order valence-electron chi connectivity index (χ1n) is 6.96. The van der Waals surface area contributed by atoms with Crippen molar-refractivity contribution in [2.24, 2.45) is 5.84 Å². The minimum atomic E-state index is -0.341. The fourth-order valence-corrected chi connectivity index (χ4v) is 2.84. The fraction of sp³-hybridized carbons (Fsp3) is 0.600. The lowest BCUT2D eigenvalue weighted by Gasteiger charge is -2.40. The van der Waals surface area contributed by atoms with Crippen LogP contribution in [0, 0.1) is 0 Å². The van der Waals surface area contributed by atoms with Crippen molar-refractivity contribution in [1.82, 2.24) is 5.43 Å². The maximum absolute atomic E-state index is 6.01. The molecule has 1 aromatic carbocycles. The van der Waals surface area contributed by atoms with Crippen molar-refractivity contribution >= 4 is 0 Å². The Balaban J connectivity index is 2.39. The number of hydrogen-bond donors (Lipinski definition) is 2. The summed E-state index contributed by atoms with van der Waals surface area (Å²) in [6.45, 7) is 2.86. The van der Waals surface area contributed by atoms with Crippen molar-refractivity contribution in [3.05, 3.63) is 23.8 Å². The van der Waals surface area contributed by atoms with E-state index in [0.717, 1.165) is 42.9 Å². The second kappa shape index (κ2) is 6.43. The molecule has 112 valence electrons. The largest absolute Gasteiger partial charge is 0.497 e. The molecule has 1 aliphatic rings. The number of nitrogens with two attached hydrogens (primary N) is 1. The zero-order valence-corrected chi connectivity index (χ0v) is 12.4. The number of rotatable bonds is 5. The Morgan fingerprint density at radius 3 is 2.65 bits per heavy atom. The van der Waals surface area contributed by atoms with Gasteiger partial charge >= 0.3 is 0 Å².